The fraction of sp³-hybridized carbons (Fsp3) is 0.0909. The van der Waals surface area contributed by atoms with Crippen molar-refractivity contribution in [2.45, 2.75) is 6.54 Å². The molecule has 0 aliphatic heterocycles. The summed E-state index contributed by atoms with van der Waals surface area (Å²) in [6, 6.07) is 5.23. The second kappa shape index (κ2) is 4.28. The largest absolute Gasteiger partial charge is 0.271 e. The van der Waals surface area contributed by atoms with E-state index in [2.05, 4.69) is 26.8 Å². The second-order valence-electron chi connectivity index (χ2n) is 3.14. The normalized spacial score (nSPS) is 10.3. The molecule has 1 aromatic carbocycles. The van der Waals surface area contributed by atoms with Gasteiger partial charge in [0.05, 0.1) is 17.4 Å². The van der Waals surface area contributed by atoms with E-state index in [1.54, 1.807) is 18.2 Å². The standard InChI is InChI=1S/C11H6BrClN2O/c1-2-5-15-10(16)8-6-7(12)3-4-9(8)14-11(15)13/h1,3-4,6H,5H2. The first-order chi connectivity index (χ1) is 7.63. The highest BCUT2D eigenvalue weighted by molar-refractivity contribution is 9.10. The van der Waals surface area contributed by atoms with Crippen molar-refractivity contribution < 1.29 is 0 Å². The van der Waals surface area contributed by atoms with Gasteiger partial charge in [-0.25, -0.2) is 4.98 Å². The number of aromatic nitrogens is 2. The molecule has 2 aromatic rings. The van der Waals surface area contributed by atoms with Gasteiger partial charge in [0.1, 0.15) is 0 Å². The van der Waals surface area contributed by atoms with Crippen LogP contribution in [0.5, 0.6) is 0 Å². The van der Waals surface area contributed by atoms with E-state index in [1.807, 2.05) is 0 Å². The smallest absolute Gasteiger partial charge is 0.263 e. The Balaban J connectivity index is 2.86. The molecule has 0 amide bonds. The molecule has 16 heavy (non-hydrogen) atoms. The molecule has 0 bridgehead atoms. The zero-order valence-electron chi connectivity index (χ0n) is 8.08. The molecule has 0 saturated carbocycles. The minimum Gasteiger partial charge on any atom is -0.271 e. The quantitative estimate of drug-likeness (QED) is 0.598. The number of hydrogen-bond donors (Lipinski definition) is 0. The van der Waals surface area contributed by atoms with E-state index in [9.17, 15) is 4.79 Å². The van der Waals surface area contributed by atoms with Gasteiger partial charge in [0.2, 0.25) is 5.28 Å². The van der Waals surface area contributed by atoms with Crippen molar-refractivity contribution in [1.82, 2.24) is 9.55 Å². The van der Waals surface area contributed by atoms with Gasteiger partial charge in [0.15, 0.2) is 0 Å². The summed E-state index contributed by atoms with van der Waals surface area (Å²) in [4.78, 5) is 16.1. The molecule has 0 aliphatic carbocycles. The molecule has 3 nitrogen and oxygen atoms in total. The summed E-state index contributed by atoms with van der Waals surface area (Å²) in [6.07, 6.45) is 5.17. The van der Waals surface area contributed by atoms with Gasteiger partial charge in [-0.15, -0.1) is 6.42 Å². The first-order valence-corrected chi connectivity index (χ1v) is 5.59. The lowest BCUT2D eigenvalue weighted by Crippen LogP contribution is -2.21. The van der Waals surface area contributed by atoms with Gasteiger partial charge in [0.25, 0.3) is 5.56 Å². The van der Waals surface area contributed by atoms with Crippen LogP contribution in [0.4, 0.5) is 0 Å². The molecule has 2 rings (SSSR count). The van der Waals surface area contributed by atoms with Crippen LogP contribution in [0.25, 0.3) is 10.9 Å². The van der Waals surface area contributed by atoms with Crippen molar-refractivity contribution in [2.75, 3.05) is 0 Å². The molecule has 5 heteroatoms. The number of nitrogens with zero attached hydrogens (tertiary/aromatic N) is 2. The maximum atomic E-state index is 12.0. The molecule has 80 valence electrons. The molecule has 0 saturated heterocycles. The summed E-state index contributed by atoms with van der Waals surface area (Å²) in [7, 11) is 0. The highest BCUT2D eigenvalue weighted by Crippen LogP contribution is 2.17. The zero-order valence-corrected chi connectivity index (χ0v) is 10.4. The van der Waals surface area contributed by atoms with Crippen LogP contribution in [-0.2, 0) is 6.54 Å². The van der Waals surface area contributed by atoms with Gasteiger partial charge < -0.3 is 0 Å². The Kier molecular flexibility index (Phi) is 2.99. The van der Waals surface area contributed by atoms with Crippen molar-refractivity contribution in [3.05, 3.63) is 38.3 Å². The molecule has 1 heterocycles. The Bertz CT molecular complexity index is 657. The minimum atomic E-state index is -0.228. The predicted molar refractivity (Wildman–Crippen MR) is 67.5 cm³/mol. The van der Waals surface area contributed by atoms with Gasteiger partial charge in [-0.3, -0.25) is 9.36 Å². The van der Waals surface area contributed by atoms with Gasteiger partial charge in [0, 0.05) is 4.47 Å². The van der Waals surface area contributed by atoms with E-state index in [0.717, 1.165) is 4.47 Å². The van der Waals surface area contributed by atoms with Crippen molar-refractivity contribution in [3.63, 3.8) is 0 Å². The summed E-state index contributed by atoms with van der Waals surface area (Å²) in [5.74, 6) is 2.37. The van der Waals surface area contributed by atoms with Gasteiger partial charge in [-0.05, 0) is 29.8 Å². The molecule has 0 N–H and O–H groups in total. The lowest BCUT2D eigenvalue weighted by molar-refractivity contribution is 0.784. The molecule has 0 spiro atoms. The monoisotopic (exact) mass is 296 g/mol. The molecule has 0 aliphatic rings. The summed E-state index contributed by atoms with van der Waals surface area (Å²) in [5.41, 5.74) is 0.334. The average Bonchev–Trinajstić information content (AvgIpc) is 2.26. The summed E-state index contributed by atoms with van der Waals surface area (Å²) >= 11 is 9.17. The SMILES string of the molecule is C#CCn1c(Cl)nc2ccc(Br)cc2c1=O. The Labute approximate surface area is 105 Å². The lowest BCUT2D eigenvalue weighted by Gasteiger charge is -2.05. The van der Waals surface area contributed by atoms with E-state index >= 15 is 0 Å². The van der Waals surface area contributed by atoms with E-state index in [4.69, 9.17) is 18.0 Å². The zero-order chi connectivity index (χ0) is 11.7. The van der Waals surface area contributed by atoms with Gasteiger partial charge in [-0.1, -0.05) is 21.9 Å². The van der Waals surface area contributed by atoms with Crippen LogP contribution >= 0.6 is 27.5 Å². The van der Waals surface area contributed by atoms with E-state index in [1.165, 1.54) is 4.57 Å². The molecule has 0 radical (unpaired) electrons. The van der Waals surface area contributed by atoms with E-state index in [-0.39, 0.29) is 17.4 Å². The van der Waals surface area contributed by atoms with Gasteiger partial charge >= 0.3 is 0 Å². The third kappa shape index (κ3) is 1.84. The summed E-state index contributed by atoms with van der Waals surface area (Å²) < 4.78 is 2.07. The molecular weight excluding hydrogens is 291 g/mol. The Morgan fingerprint density at radius 3 is 3.00 bits per heavy atom. The number of fused-ring (bicyclic) bond motifs is 1. The molecule has 0 unspecified atom stereocenters. The molecule has 0 atom stereocenters. The predicted octanol–water partition coefficient (Wildman–Crippen LogP) is 2.45. The maximum Gasteiger partial charge on any atom is 0.263 e. The van der Waals surface area contributed by atoms with Crippen LogP contribution in [0.3, 0.4) is 0 Å². The average molecular weight is 298 g/mol. The summed E-state index contributed by atoms with van der Waals surface area (Å²) in [6.45, 7) is 0.118. The number of rotatable bonds is 1. The first-order valence-electron chi connectivity index (χ1n) is 4.42. The van der Waals surface area contributed by atoms with Crippen LogP contribution < -0.4 is 5.56 Å². The van der Waals surface area contributed by atoms with Crippen molar-refractivity contribution in [3.8, 4) is 12.3 Å². The highest BCUT2D eigenvalue weighted by Gasteiger charge is 2.08. The van der Waals surface area contributed by atoms with Crippen molar-refractivity contribution >= 4 is 38.4 Å². The number of hydrogen-bond acceptors (Lipinski definition) is 2. The number of halogens is 2. The van der Waals surface area contributed by atoms with Gasteiger partial charge in [-0.2, -0.15) is 0 Å². The van der Waals surface area contributed by atoms with Crippen LogP contribution in [-0.4, -0.2) is 9.55 Å². The Hall–Kier alpha value is -1.31. The van der Waals surface area contributed by atoms with Crippen LogP contribution in [0, 0.1) is 12.3 Å². The Morgan fingerprint density at radius 2 is 2.31 bits per heavy atom. The fourth-order valence-corrected chi connectivity index (χ4v) is 1.98. The molecule has 1 aromatic heterocycles. The van der Waals surface area contributed by atoms with Crippen molar-refractivity contribution in [2.24, 2.45) is 0 Å². The maximum absolute atomic E-state index is 12.0. The van der Waals surface area contributed by atoms with Crippen LogP contribution in [0.2, 0.25) is 5.28 Å². The van der Waals surface area contributed by atoms with Crippen molar-refractivity contribution in [1.29, 1.82) is 0 Å². The third-order valence-electron chi connectivity index (χ3n) is 2.12. The van der Waals surface area contributed by atoms with Crippen LogP contribution in [0.15, 0.2) is 27.5 Å². The highest BCUT2D eigenvalue weighted by atomic mass is 79.9. The minimum absolute atomic E-state index is 0.109. The van der Waals surface area contributed by atoms with E-state index in [0.29, 0.717) is 10.9 Å². The number of terminal acetylenes is 1. The second-order valence-corrected chi connectivity index (χ2v) is 4.39. The van der Waals surface area contributed by atoms with Crippen LogP contribution in [0.1, 0.15) is 0 Å². The fourth-order valence-electron chi connectivity index (χ4n) is 1.39. The molecular formula is C11H6BrClN2O. The molecule has 0 fully saturated rings. The number of benzene rings is 1. The Morgan fingerprint density at radius 1 is 1.56 bits per heavy atom. The van der Waals surface area contributed by atoms with E-state index < -0.39 is 0 Å². The first kappa shape index (κ1) is 11.2. The lowest BCUT2D eigenvalue weighted by atomic mass is 10.2. The topological polar surface area (TPSA) is 34.9 Å². The third-order valence-corrected chi connectivity index (χ3v) is 2.90. The summed E-state index contributed by atoms with van der Waals surface area (Å²) in [5, 5.41) is 0.604.